The maximum atomic E-state index is 2.56. The molecule has 45 valence electrons. The molecule has 0 aromatic rings. The van der Waals surface area contributed by atoms with Gasteiger partial charge in [0.15, 0.2) is 0 Å². The van der Waals surface area contributed by atoms with Crippen LogP contribution in [0.5, 0.6) is 0 Å². The summed E-state index contributed by atoms with van der Waals surface area (Å²) in [5.41, 5.74) is 0. The zero-order valence-corrected chi connectivity index (χ0v) is 5.14. The average molecular weight is 110 g/mol. The van der Waals surface area contributed by atoms with Gasteiger partial charge in [0.05, 0.1) is 0 Å². The van der Waals surface area contributed by atoms with Crippen molar-refractivity contribution in [3.63, 3.8) is 0 Å². The van der Waals surface area contributed by atoms with Crippen molar-refractivity contribution in [2.24, 2.45) is 0 Å². The van der Waals surface area contributed by atoms with E-state index in [0.29, 0.717) is 0 Å². The van der Waals surface area contributed by atoms with Crippen molar-refractivity contribution in [1.82, 2.24) is 4.90 Å². The molecule has 2 rings (SSSR count). The Morgan fingerprint density at radius 1 is 1.25 bits per heavy atom. The summed E-state index contributed by atoms with van der Waals surface area (Å²) >= 11 is 0. The number of hydrogen-bond donors (Lipinski definition) is 0. The van der Waals surface area contributed by atoms with Crippen molar-refractivity contribution in [1.29, 1.82) is 0 Å². The lowest BCUT2D eigenvalue weighted by Crippen LogP contribution is -2.48. The third kappa shape index (κ3) is 0.576. The molecule has 1 nitrogen and oxygen atoms in total. The molecule has 8 heavy (non-hydrogen) atoms. The molecule has 1 heteroatoms. The fourth-order valence-corrected chi connectivity index (χ4v) is 1.33. The normalized spacial score (nSPS) is 31.5. The number of rotatable bonds is 1. The molecular weight excluding hydrogens is 98.1 g/mol. The molecular formula is C7H12N. The number of hydrogen-bond acceptors (Lipinski definition) is 1. The topological polar surface area (TPSA) is 3.24 Å². The minimum absolute atomic E-state index is 0.986. The zero-order valence-electron chi connectivity index (χ0n) is 5.14. The maximum absolute atomic E-state index is 2.56. The van der Waals surface area contributed by atoms with E-state index in [1.165, 1.54) is 32.4 Å². The molecule has 0 bridgehead atoms. The van der Waals surface area contributed by atoms with Gasteiger partial charge in [0.1, 0.15) is 0 Å². The van der Waals surface area contributed by atoms with Crippen LogP contribution in [0.4, 0.5) is 0 Å². The van der Waals surface area contributed by atoms with E-state index < -0.39 is 0 Å². The second kappa shape index (κ2) is 1.73. The van der Waals surface area contributed by atoms with Gasteiger partial charge >= 0.3 is 0 Å². The molecule has 2 fully saturated rings. The zero-order chi connectivity index (χ0) is 5.40. The highest BCUT2D eigenvalue weighted by Gasteiger charge is 2.28. The van der Waals surface area contributed by atoms with Gasteiger partial charge < -0.3 is 0 Å². The molecule has 1 heterocycles. The second-order valence-corrected chi connectivity index (χ2v) is 2.83. The lowest BCUT2D eigenvalue weighted by Gasteiger charge is -2.42. The van der Waals surface area contributed by atoms with Crippen molar-refractivity contribution in [2.75, 3.05) is 13.1 Å². The van der Waals surface area contributed by atoms with Crippen LogP contribution in [0.3, 0.4) is 0 Å². The molecule has 1 radical (unpaired) electrons. The van der Waals surface area contributed by atoms with Gasteiger partial charge in [0, 0.05) is 19.1 Å². The summed E-state index contributed by atoms with van der Waals surface area (Å²) in [4.78, 5) is 2.56. The van der Waals surface area contributed by atoms with Crippen molar-refractivity contribution in [3.8, 4) is 0 Å². The largest absolute Gasteiger partial charge is 0.300 e. The van der Waals surface area contributed by atoms with E-state index in [9.17, 15) is 0 Å². The molecule has 1 saturated carbocycles. The molecule has 0 spiro atoms. The van der Waals surface area contributed by atoms with Crippen LogP contribution in [0.2, 0.25) is 0 Å². The van der Waals surface area contributed by atoms with Crippen LogP contribution in [-0.4, -0.2) is 24.0 Å². The fraction of sp³-hybridized carbons (Fsp3) is 0.857. The predicted molar refractivity (Wildman–Crippen MR) is 33.5 cm³/mol. The average Bonchev–Trinajstić information content (AvgIpc) is 1.47. The van der Waals surface area contributed by atoms with Gasteiger partial charge in [-0.2, -0.15) is 0 Å². The fourth-order valence-electron chi connectivity index (χ4n) is 1.33. The van der Waals surface area contributed by atoms with E-state index in [2.05, 4.69) is 11.3 Å². The molecule has 0 amide bonds. The minimum Gasteiger partial charge on any atom is -0.300 e. The number of likely N-dealkylation sites (tertiary alicyclic amines) is 1. The van der Waals surface area contributed by atoms with Gasteiger partial charge in [-0.15, -0.1) is 0 Å². The molecule has 0 N–H and O–H groups in total. The summed E-state index contributed by atoms with van der Waals surface area (Å²) in [6.07, 6.45) is 6.75. The number of nitrogens with zero attached hydrogens (tertiary/aromatic N) is 1. The monoisotopic (exact) mass is 110 g/mol. The Bertz CT molecular complexity index is 70.4. The summed E-state index contributed by atoms with van der Waals surface area (Å²) in [5, 5.41) is 0. The first-order chi connectivity index (χ1) is 3.97. The van der Waals surface area contributed by atoms with Crippen molar-refractivity contribution in [3.05, 3.63) is 6.42 Å². The third-order valence-corrected chi connectivity index (χ3v) is 2.32. The van der Waals surface area contributed by atoms with E-state index in [0.717, 1.165) is 6.04 Å². The highest BCUT2D eigenvalue weighted by molar-refractivity contribution is 4.93. The van der Waals surface area contributed by atoms with E-state index in [1.807, 2.05) is 0 Å². The third-order valence-electron chi connectivity index (χ3n) is 2.32. The summed E-state index contributed by atoms with van der Waals surface area (Å²) in [7, 11) is 0. The Kier molecular flexibility index (Phi) is 1.04. The van der Waals surface area contributed by atoms with Gasteiger partial charge in [-0.3, -0.25) is 4.90 Å². The summed E-state index contributed by atoms with van der Waals surface area (Å²) < 4.78 is 0. The first-order valence-electron chi connectivity index (χ1n) is 3.52. The lowest BCUT2D eigenvalue weighted by molar-refractivity contribution is 0.105. The van der Waals surface area contributed by atoms with Crippen molar-refractivity contribution in [2.45, 2.75) is 25.3 Å². The van der Waals surface area contributed by atoms with Crippen LogP contribution in [0.15, 0.2) is 0 Å². The first-order valence-corrected chi connectivity index (χ1v) is 3.52. The smallest absolute Gasteiger partial charge is 0.00955 e. The highest BCUT2D eigenvalue weighted by atomic mass is 15.2. The van der Waals surface area contributed by atoms with Crippen LogP contribution >= 0.6 is 0 Å². The molecule has 0 aromatic heterocycles. The van der Waals surface area contributed by atoms with E-state index in [1.54, 1.807) is 0 Å². The molecule has 0 aromatic carbocycles. The minimum atomic E-state index is 0.986. The van der Waals surface area contributed by atoms with Crippen molar-refractivity contribution >= 4 is 0 Å². The van der Waals surface area contributed by atoms with Gasteiger partial charge in [-0.05, 0) is 19.3 Å². The van der Waals surface area contributed by atoms with Crippen LogP contribution < -0.4 is 0 Å². The second-order valence-electron chi connectivity index (χ2n) is 2.83. The SMILES string of the molecule is [CH]1CN(C2CCC2)C1. The van der Waals surface area contributed by atoms with Crippen LogP contribution in [0.25, 0.3) is 0 Å². The summed E-state index contributed by atoms with van der Waals surface area (Å²) in [6.45, 7) is 2.54. The standard InChI is InChI=1S/C7H12N/c1-3-7(4-1)8-5-2-6-8/h2,7H,1,3-6H2. The summed E-state index contributed by atoms with van der Waals surface area (Å²) in [5.74, 6) is 0. The Morgan fingerprint density at radius 3 is 2.12 bits per heavy atom. The van der Waals surface area contributed by atoms with Crippen LogP contribution in [0, 0.1) is 6.42 Å². The van der Waals surface area contributed by atoms with Crippen LogP contribution in [-0.2, 0) is 0 Å². The van der Waals surface area contributed by atoms with Gasteiger partial charge in [0.25, 0.3) is 0 Å². The van der Waals surface area contributed by atoms with Crippen molar-refractivity contribution < 1.29 is 0 Å². The van der Waals surface area contributed by atoms with Crippen LogP contribution in [0.1, 0.15) is 19.3 Å². The molecule has 0 atom stereocenters. The Hall–Kier alpha value is -0.0400. The van der Waals surface area contributed by atoms with E-state index in [4.69, 9.17) is 0 Å². The molecule has 1 aliphatic carbocycles. The quantitative estimate of drug-likeness (QED) is 0.488. The molecule has 1 saturated heterocycles. The van der Waals surface area contributed by atoms with E-state index >= 15 is 0 Å². The maximum Gasteiger partial charge on any atom is 0.00955 e. The Labute approximate surface area is 50.7 Å². The van der Waals surface area contributed by atoms with Gasteiger partial charge in [-0.1, -0.05) is 6.42 Å². The highest BCUT2D eigenvalue weighted by Crippen LogP contribution is 2.27. The van der Waals surface area contributed by atoms with E-state index in [-0.39, 0.29) is 0 Å². The predicted octanol–water partition coefficient (Wildman–Crippen LogP) is 1.06. The lowest BCUT2D eigenvalue weighted by atomic mass is 9.89. The summed E-state index contributed by atoms with van der Waals surface area (Å²) in [6, 6.07) is 0.986. The Morgan fingerprint density at radius 2 is 2.00 bits per heavy atom. The molecule has 0 unspecified atom stereocenters. The first kappa shape index (κ1) is 4.80. The molecule has 2 aliphatic rings. The van der Waals surface area contributed by atoms with Gasteiger partial charge in [-0.25, -0.2) is 0 Å². The Balaban J connectivity index is 1.79. The van der Waals surface area contributed by atoms with Gasteiger partial charge in [0.2, 0.25) is 0 Å². The molecule has 1 aliphatic heterocycles.